The lowest BCUT2D eigenvalue weighted by Gasteiger charge is -2.57. The lowest BCUT2D eigenvalue weighted by Crippen LogP contribution is -2.50. The highest BCUT2D eigenvalue weighted by molar-refractivity contribution is 5.94. The third kappa shape index (κ3) is 1.72. The lowest BCUT2D eigenvalue weighted by atomic mass is 9.47. The summed E-state index contributed by atoms with van der Waals surface area (Å²) in [4.78, 5) is 11.8. The lowest BCUT2D eigenvalue weighted by molar-refractivity contribution is -0.117. The Morgan fingerprint density at radius 1 is 1.14 bits per heavy atom. The summed E-state index contributed by atoms with van der Waals surface area (Å²) in [6.07, 6.45) is 8.26. The molecule has 0 amide bonds. The Hall–Kier alpha value is -0.960. The Labute approximate surface area is 132 Å². The fourth-order valence-corrected chi connectivity index (χ4v) is 6.39. The van der Waals surface area contributed by atoms with E-state index in [1.165, 1.54) is 5.57 Å². The number of allylic oxidation sites excluding steroid dienone is 1. The van der Waals surface area contributed by atoms with Crippen LogP contribution in [0.4, 0.5) is 0 Å². The zero-order valence-corrected chi connectivity index (χ0v) is 13.7. The summed E-state index contributed by atoms with van der Waals surface area (Å²) in [5, 5.41) is 18.6. The first kappa shape index (κ1) is 14.6. The van der Waals surface area contributed by atoms with Gasteiger partial charge in [0.15, 0.2) is 5.78 Å². The third-order valence-electron chi connectivity index (χ3n) is 7.78. The Morgan fingerprint density at radius 2 is 1.91 bits per heavy atom. The molecular weight excluding hydrogens is 274 g/mol. The predicted octanol–water partition coefficient (Wildman–Crippen LogP) is 3.51. The summed E-state index contributed by atoms with van der Waals surface area (Å²) in [6, 6.07) is 0. The van der Waals surface area contributed by atoms with Gasteiger partial charge in [-0.15, -0.1) is 0 Å². The topological polar surface area (TPSA) is 61.2 Å². The molecule has 0 bridgehead atoms. The molecule has 4 unspecified atom stereocenters. The van der Waals surface area contributed by atoms with Crippen LogP contribution >= 0.6 is 0 Å². The number of hydrogen-bond acceptors (Lipinski definition) is 3. The molecule has 120 valence electrons. The Balaban J connectivity index is 1.70. The highest BCUT2D eigenvalue weighted by Gasteiger charge is 2.59. The molecule has 0 aromatic carbocycles. The van der Waals surface area contributed by atoms with Gasteiger partial charge in [0.1, 0.15) is 0 Å². The van der Waals surface area contributed by atoms with Gasteiger partial charge in [0, 0.05) is 17.5 Å². The van der Waals surface area contributed by atoms with E-state index in [9.17, 15) is 9.90 Å². The van der Waals surface area contributed by atoms with Gasteiger partial charge in [-0.3, -0.25) is 4.79 Å². The molecule has 3 heteroatoms. The van der Waals surface area contributed by atoms with Crippen molar-refractivity contribution in [3.05, 3.63) is 11.6 Å². The molecule has 0 aromatic heterocycles. The molecule has 3 nitrogen and oxygen atoms in total. The van der Waals surface area contributed by atoms with Crippen LogP contribution in [0.2, 0.25) is 0 Å². The van der Waals surface area contributed by atoms with E-state index in [1.807, 2.05) is 6.08 Å². The van der Waals surface area contributed by atoms with Crippen molar-refractivity contribution in [1.82, 2.24) is 0 Å². The van der Waals surface area contributed by atoms with E-state index in [1.54, 1.807) is 0 Å². The van der Waals surface area contributed by atoms with Gasteiger partial charge in [0.2, 0.25) is 0 Å². The van der Waals surface area contributed by atoms with E-state index in [0.29, 0.717) is 35.7 Å². The third-order valence-corrected chi connectivity index (χ3v) is 7.78. The number of rotatable bonds is 0. The van der Waals surface area contributed by atoms with Gasteiger partial charge < -0.3 is 10.5 Å². The standard InChI is InChI=1S/C19H27NO2/c1-18-7-5-12(21)9-11(18)3-4-13-14(18)6-8-19(2)15(13)10-16(22)17(19)20/h9,13-16,20,22H,3-8,10H2,1-2H3/t13?,14?,15?,16?,18-,19-/m0/s1. The van der Waals surface area contributed by atoms with Crippen molar-refractivity contribution >= 4 is 11.5 Å². The van der Waals surface area contributed by atoms with Crippen molar-refractivity contribution in [2.24, 2.45) is 28.6 Å². The van der Waals surface area contributed by atoms with Gasteiger partial charge in [0.25, 0.3) is 0 Å². The monoisotopic (exact) mass is 301 g/mol. The zero-order chi connectivity index (χ0) is 15.7. The maximum absolute atomic E-state index is 11.8. The van der Waals surface area contributed by atoms with Crippen molar-refractivity contribution in [1.29, 1.82) is 5.41 Å². The molecule has 4 aliphatic rings. The van der Waals surface area contributed by atoms with Gasteiger partial charge in [0.05, 0.1) is 6.10 Å². The quantitative estimate of drug-likeness (QED) is 0.719. The molecule has 4 rings (SSSR count). The van der Waals surface area contributed by atoms with Gasteiger partial charge in [-0.2, -0.15) is 0 Å². The minimum atomic E-state index is -0.522. The summed E-state index contributed by atoms with van der Waals surface area (Å²) in [6.45, 7) is 4.59. The summed E-state index contributed by atoms with van der Waals surface area (Å²) in [5.41, 5.74) is 2.08. The van der Waals surface area contributed by atoms with E-state index in [4.69, 9.17) is 5.41 Å². The van der Waals surface area contributed by atoms with E-state index < -0.39 is 6.10 Å². The fourth-order valence-electron chi connectivity index (χ4n) is 6.39. The molecule has 3 saturated carbocycles. The minimum Gasteiger partial charge on any atom is -0.387 e. The largest absolute Gasteiger partial charge is 0.387 e. The van der Waals surface area contributed by atoms with Gasteiger partial charge >= 0.3 is 0 Å². The predicted molar refractivity (Wildman–Crippen MR) is 85.8 cm³/mol. The molecule has 0 aromatic rings. The van der Waals surface area contributed by atoms with Crippen LogP contribution in [0.25, 0.3) is 0 Å². The summed E-state index contributed by atoms with van der Waals surface area (Å²) in [5.74, 6) is 2.03. The van der Waals surface area contributed by atoms with Crippen LogP contribution in [-0.4, -0.2) is 22.7 Å². The second-order valence-corrected chi connectivity index (χ2v) is 8.59. The molecule has 0 heterocycles. The van der Waals surface area contributed by atoms with Gasteiger partial charge in [-0.1, -0.05) is 19.4 Å². The van der Waals surface area contributed by atoms with Crippen LogP contribution in [-0.2, 0) is 4.79 Å². The number of hydrogen-bond donors (Lipinski definition) is 2. The average Bonchev–Trinajstić information content (AvgIpc) is 2.72. The molecule has 0 radical (unpaired) electrons. The summed E-state index contributed by atoms with van der Waals surface area (Å²) >= 11 is 0. The van der Waals surface area contributed by atoms with Gasteiger partial charge in [-0.05, 0) is 67.8 Å². The van der Waals surface area contributed by atoms with Crippen molar-refractivity contribution in [2.75, 3.05) is 0 Å². The summed E-state index contributed by atoms with van der Waals surface area (Å²) in [7, 11) is 0. The highest BCUT2D eigenvalue weighted by atomic mass is 16.3. The molecule has 0 spiro atoms. The van der Waals surface area contributed by atoms with Crippen LogP contribution in [0.15, 0.2) is 11.6 Å². The molecule has 3 fully saturated rings. The molecular formula is C19H27NO2. The van der Waals surface area contributed by atoms with Crippen LogP contribution in [0.3, 0.4) is 0 Å². The molecule has 6 atom stereocenters. The highest BCUT2D eigenvalue weighted by Crippen LogP contribution is 2.64. The van der Waals surface area contributed by atoms with E-state index in [-0.39, 0.29) is 10.8 Å². The van der Waals surface area contributed by atoms with Crippen LogP contribution in [0.1, 0.15) is 58.8 Å². The fraction of sp³-hybridized carbons (Fsp3) is 0.789. The summed E-state index contributed by atoms with van der Waals surface area (Å²) < 4.78 is 0. The van der Waals surface area contributed by atoms with Crippen LogP contribution < -0.4 is 0 Å². The molecule has 0 saturated heterocycles. The average molecular weight is 301 g/mol. The maximum Gasteiger partial charge on any atom is 0.155 e. The van der Waals surface area contributed by atoms with Crippen LogP contribution in [0.5, 0.6) is 0 Å². The molecule has 22 heavy (non-hydrogen) atoms. The van der Waals surface area contributed by atoms with Crippen LogP contribution in [0, 0.1) is 34.0 Å². The first-order valence-electron chi connectivity index (χ1n) is 8.87. The van der Waals surface area contributed by atoms with Crippen molar-refractivity contribution < 1.29 is 9.90 Å². The van der Waals surface area contributed by atoms with Gasteiger partial charge in [-0.25, -0.2) is 0 Å². The number of carbonyl (C=O) groups excluding carboxylic acids is 1. The smallest absolute Gasteiger partial charge is 0.155 e. The molecule has 4 aliphatic carbocycles. The van der Waals surface area contributed by atoms with Crippen molar-refractivity contribution in [2.45, 2.75) is 64.9 Å². The Morgan fingerprint density at radius 3 is 2.68 bits per heavy atom. The number of carbonyl (C=O) groups is 1. The first-order valence-corrected chi connectivity index (χ1v) is 8.87. The zero-order valence-electron chi connectivity index (χ0n) is 13.7. The van der Waals surface area contributed by atoms with Crippen molar-refractivity contribution in [3.63, 3.8) is 0 Å². The molecule has 2 N–H and O–H groups in total. The normalized spacial score (nSPS) is 51.0. The van der Waals surface area contributed by atoms with E-state index in [2.05, 4.69) is 13.8 Å². The number of aliphatic hydroxyl groups excluding tert-OH is 1. The number of ketones is 1. The van der Waals surface area contributed by atoms with Crippen molar-refractivity contribution in [3.8, 4) is 0 Å². The van der Waals surface area contributed by atoms with E-state index in [0.717, 1.165) is 38.5 Å². The first-order chi connectivity index (χ1) is 10.4. The van der Waals surface area contributed by atoms with E-state index >= 15 is 0 Å². The Kier molecular flexibility index (Phi) is 3.01. The second-order valence-electron chi connectivity index (χ2n) is 8.59. The number of aliphatic hydroxyl groups is 1. The SMILES string of the molecule is C[C@]12CCC(=O)C=C1CCC1C2CC[C@]2(C)C(=N)C(O)CC12. The minimum absolute atomic E-state index is 0.0807. The second kappa shape index (κ2) is 4.53. The number of fused-ring (bicyclic) bond motifs is 5. The number of nitrogens with one attached hydrogen (secondary N) is 1. The Bertz CT molecular complexity index is 580. The maximum atomic E-state index is 11.8. The molecule has 0 aliphatic heterocycles.